The van der Waals surface area contributed by atoms with Crippen LogP contribution in [0.5, 0.6) is 5.75 Å². The Balaban J connectivity index is 1.42. The summed E-state index contributed by atoms with van der Waals surface area (Å²) in [6, 6.07) is 23.3. The first-order chi connectivity index (χ1) is 23.7. The number of phenolic OH excluding ortho intramolecular Hbond substituents is 1. The fourth-order valence-corrected chi connectivity index (χ4v) is 6.01. The molecule has 0 aliphatic carbocycles. The summed E-state index contributed by atoms with van der Waals surface area (Å²) in [7, 11) is -9.41. The van der Waals surface area contributed by atoms with E-state index in [2.05, 4.69) is 30.7 Å². The van der Waals surface area contributed by atoms with Crippen molar-refractivity contribution < 1.29 is 31.0 Å². The minimum atomic E-state index is -4.83. The van der Waals surface area contributed by atoms with Crippen molar-refractivity contribution in [3.63, 3.8) is 0 Å². The van der Waals surface area contributed by atoms with E-state index in [-0.39, 0.29) is 43.8 Å². The highest BCUT2D eigenvalue weighted by Crippen LogP contribution is 2.43. The number of hydrogen-bond acceptors (Lipinski definition) is 14. The van der Waals surface area contributed by atoms with Crippen LogP contribution < -0.4 is 17.2 Å². The van der Waals surface area contributed by atoms with Gasteiger partial charge in [0.15, 0.2) is 5.75 Å². The van der Waals surface area contributed by atoms with Crippen molar-refractivity contribution in [3.8, 4) is 5.75 Å². The maximum Gasteiger partial charge on any atom is 0.296 e. The van der Waals surface area contributed by atoms with E-state index in [0.29, 0.717) is 28.1 Å². The second kappa shape index (κ2) is 12.9. The predicted molar refractivity (Wildman–Crippen MR) is 188 cm³/mol. The van der Waals surface area contributed by atoms with Gasteiger partial charge in [0.25, 0.3) is 20.2 Å². The van der Waals surface area contributed by atoms with Gasteiger partial charge >= 0.3 is 0 Å². The summed E-state index contributed by atoms with van der Waals surface area (Å²) in [5, 5.41) is 37.0. The molecular weight excluding hydrogens is 687 g/mol. The van der Waals surface area contributed by atoms with Crippen LogP contribution in [0.2, 0.25) is 0 Å². The van der Waals surface area contributed by atoms with Crippen molar-refractivity contribution in [1.29, 1.82) is 0 Å². The van der Waals surface area contributed by atoms with Gasteiger partial charge in [-0.2, -0.15) is 27.1 Å². The number of nitrogen functional groups attached to an aromatic ring is 3. The van der Waals surface area contributed by atoms with Crippen LogP contribution in [0, 0.1) is 0 Å². The highest BCUT2D eigenvalue weighted by atomic mass is 32.2. The van der Waals surface area contributed by atoms with Crippen LogP contribution in [-0.4, -0.2) is 31.0 Å². The van der Waals surface area contributed by atoms with Crippen LogP contribution in [-0.2, 0) is 20.2 Å². The summed E-state index contributed by atoms with van der Waals surface area (Å²) in [5.41, 5.74) is 19.4. The third-order valence-corrected chi connectivity index (χ3v) is 9.02. The van der Waals surface area contributed by atoms with Crippen molar-refractivity contribution in [3.05, 3.63) is 97.1 Å². The number of nitrogens with two attached hydrogens (primary N) is 3. The Kier molecular flexibility index (Phi) is 8.68. The zero-order chi connectivity index (χ0) is 35.8. The molecule has 0 aliphatic heterocycles. The second-order valence-electron chi connectivity index (χ2n) is 10.7. The molecule has 50 heavy (non-hydrogen) atoms. The lowest BCUT2D eigenvalue weighted by atomic mass is 10.1. The van der Waals surface area contributed by atoms with E-state index in [9.17, 15) is 31.0 Å². The van der Waals surface area contributed by atoms with Crippen LogP contribution in [0.3, 0.4) is 0 Å². The van der Waals surface area contributed by atoms with Crippen LogP contribution in [0.4, 0.5) is 51.2 Å². The summed E-state index contributed by atoms with van der Waals surface area (Å²) in [6.45, 7) is 0. The quantitative estimate of drug-likeness (QED) is 0.0500. The smallest absolute Gasteiger partial charge is 0.296 e. The lowest BCUT2D eigenvalue weighted by Gasteiger charge is -2.09. The first kappa shape index (κ1) is 33.6. The fraction of sp³-hybridized carbons (Fsp3) is 0. The topological polar surface area (TPSA) is 281 Å². The molecule has 6 rings (SSSR count). The first-order valence-electron chi connectivity index (χ1n) is 14.2. The fourth-order valence-electron chi connectivity index (χ4n) is 4.85. The SMILES string of the molecule is Nc1ccc(N=Nc2c(S(=O)(=O)O)cc3ccc(N=Nc4ccc(N=Nc5ccc(N)cc5N)c5cc(S(=O)(=O)O)ccc45)cc3c2O)cc1. The highest BCUT2D eigenvalue weighted by molar-refractivity contribution is 7.86. The van der Waals surface area contributed by atoms with Gasteiger partial charge in [-0.05, 0) is 90.3 Å². The Labute approximate surface area is 283 Å². The molecule has 16 nitrogen and oxygen atoms in total. The zero-order valence-electron chi connectivity index (χ0n) is 25.4. The first-order valence-corrected chi connectivity index (χ1v) is 17.1. The molecule has 6 aromatic rings. The molecule has 0 amide bonds. The van der Waals surface area contributed by atoms with E-state index in [0.717, 1.165) is 6.07 Å². The normalized spacial score (nSPS) is 12.6. The molecule has 0 spiro atoms. The molecule has 0 heterocycles. The summed E-state index contributed by atoms with van der Waals surface area (Å²) in [5.74, 6) is -0.592. The van der Waals surface area contributed by atoms with Crippen molar-refractivity contribution >= 4 is 93.0 Å². The van der Waals surface area contributed by atoms with Crippen LogP contribution in [0.1, 0.15) is 0 Å². The lowest BCUT2D eigenvalue weighted by Crippen LogP contribution is -1.99. The minimum absolute atomic E-state index is 0.125. The van der Waals surface area contributed by atoms with Gasteiger partial charge in [0.2, 0.25) is 0 Å². The molecule has 6 aromatic carbocycles. The Morgan fingerprint density at radius 2 is 1.10 bits per heavy atom. The lowest BCUT2D eigenvalue weighted by molar-refractivity contribution is 0.472. The van der Waals surface area contributed by atoms with Crippen LogP contribution in [0.25, 0.3) is 21.5 Å². The molecule has 18 heteroatoms. The number of rotatable bonds is 8. The summed E-state index contributed by atoms with van der Waals surface area (Å²) in [6.07, 6.45) is 0. The number of hydrogen-bond donors (Lipinski definition) is 6. The van der Waals surface area contributed by atoms with Crippen molar-refractivity contribution in [1.82, 2.24) is 0 Å². The molecule has 9 N–H and O–H groups in total. The zero-order valence-corrected chi connectivity index (χ0v) is 27.1. The molecule has 0 saturated carbocycles. The van der Waals surface area contributed by atoms with E-state index < -0.39 is 36.6 Å². The number of fused-ring (bicyclic) bond motifs is 2. The van der Waals surface area contributed by atoms with Gasteiger partial charge < -0.3 is 22.3 Å². The summed E-state index contributed by atoms with van der Waals surface area (Å²) >= 11 is 0. The van der Waals surface area contributed by atoms with Gasteiger partial charge in [-0.3, -0.25) is 9.11 Å². The number of benzene rings is 6. The highest BCUT2D eigenvalue weighted by Gasteiger charge is 2.22. The molecule has 0 saturated heterocycles. The maximum absolute atomic E-state index is 12.2. The van der Waals surface area contributed by atoms with Gasteiger partial charge in [0.05, 0.1) is 33.3 Å². The Morgan fingerprint density at radius 3 is 1.78 bits per heavy atom. The monoisotopic (exact) mass is 711 g/mol. The van der Waals surface area contributed by atoms with E-state index in [4.69, 9.17) is 17.2 Å². The average molecular weight is 712 g/mol. The molecular formula is C32H25N9O7S2. The Bertz CT molecular complexity index is 2650. The third-order valence-electron chi connectivity index (χ3n) is 7.30. The number of azo groups is 3. The van der Waals surface area contributed by atoms with E-state index in [1.807, 2.05) is 0 Å². The van der Waals surface area contributed by atoms with Crippen molar-refractivity contribution in [2.75, 3.05) is 17.2 Å². The summed E-state index contributed by atoms with van der Waals surface area (Å²) in [4.78, 5) is -1.05. The van der Waals surface area contributed by atoms with E-state index >= 15 is 0 Å². The predicted octanol–water partition coefficient (Wildman–Crippen LogP) is 8.18. The molecule has 252 valence electrons. The number of aromatic hydroxyl groups is 1. The molecule has 0 radical (unpaired) electrons. The molecule has 0 aliphatic rings. The Hall–Kier alpha value is -6.34. The number of nitrogens with zero attached hydrogens (tertiary/aromatic N) is 6. The molecule has 0 fully saturated rings. The van der Waals surface area contributed by atoms with Gasteiger partial charge in [-0.1, -0.05) is 12.1 Å². The molecule has 0 atom stereocenters. The van der Waals surface area contributed by atoms with Crippen LogP contribution >= 0.6 is 0 Å². The average Bonchev–Trinajstić information content (AvgIpc) is 3.06. The maximum atomic E-state index is 12.2. The number of anilines is 3. The van der Waals surface area contributed by atoms with Crippen LogP contribution in [0.15, 0.2) is 138 Å². The van der Waals surface area contributed by atoms with Gasteiger partial charge in [-0.25, -0.2) is 0 Å². The van der Waals surface area contributed by atoms with Crippen molar-refractivity contribution in [2.24, 2.45) is 30.7 Å². The largest absolute Gasteiger partial charge is 0.505 e. The standard InChI is InChI=1S/C32H25N9O7S2/c33-18-2-6-20(7-3-18)36-41-31-30(50(46,47)48)13-17-1-5-21(15-24(17)32(31)42)37-38-27-11-12-28(39-40-29-10-4-19(34)14-26(29)35)25-16-22(49(43,44)45)8-9-23(25)27/h1-16,42H,33-35H2,(H,43,44,45)(H,46,47,48). The minimum Gasteiger partial charge on any atom is -0.505 e. The van der Waals surface area contributed by atoms with Gasteiger partial charge in [0.1, 0.15) is 16.3 Å². The Morgan fingerprint density at radius 1 is 0.500 bits per heavy atom. The van der Waals surface area contributed by atoms with E-state index in [1.165, 1.54) is 60.7 Å². The van der Waals surface area contributed by atoms with Crippen molar-refractivity contribution in [2.45, 2.75) is 9.79 Å². The molecule has 0 aromatic heterocycles. The second-order valence-corrected chi connectivity index (χ2v) is 13.6. The number of phenols is 1. The summed E-state index contributed by atoms with van der Waals surface area (Å²) < 4.78 is 67.9. The van der Waals surface area contributed by atoms with Gasteiger partial charge in [0, 0.05) is 27.5 Å². The third kappa shape index (κ3) is 7.08. The van der Waals surface area contributed by atoms with E-state index in [1.54, 1.807) is 30.3 Å². The molecule has 0 bridgehead atoms. The molecule has 0 unspecified atom stereocenters. The van der Waals surface area contributed by atoms with Gasteiger partial charge in [-0.15, -0.1) is 20.5 Å².